The first-order chi connectivity index (χ1) is 14.0. The molecule has 0 unspecified atom stereocenters. The van der Waals surface area contributed by atoms with E-state index in [1.165, 1.54) is 4.90 Å². The molecule has 1 aromatic carbocycles. The van der Waals surface area contributed by atoms with Gasteiger partial charge in [0.2, 0.25) is 5.89 Å². The van der Waals surface area contributed by atoms with E-state index in [0.717, 1.165) is 5.56 Å². The van der Waals surface area contributed by atoms with Crippen LogP contribution in [0.2, 0.25) is 0 Å². The van der Waals surface area contributed by atoms with Gasteiger partial charge in [-0.1, -0.05) is 12.1 Å². The summed E-state index contributed by atoms with van der Waals surface area (Å²) in [6, 6.07) is 10.7. The average Bonchev–Trinajstić information content (AvgIpc) is 3.24. The van der Waals surface area contributed by atoms with Crippen molar-refractivity contribution in [2.24, 2.45) is 0 Å². The first-order valence-electron chi connectivity index (χ1n) is 8.72. The number of amides is 1. The number of rotatable bonds is 4. The van der Waals surface area contributed by atoms with Crippen molar-refractivity contribution in [3.05, 3.63) is 60.6 Å². The van der Waals surface area contributed by atoms with Crippen LogP contribution in [0.1, 0.15) is 13.2 Å². The van der Waals surface area contributed by atoms with Gasteiger partial charge in [0.05, 0.1) is 17.5 Å². The van der Waals surface area contributed by atoms with Gasteiger partial charge in [-0.05, 0) is 24.3 Å². The third kappa shape index (κ3) is 3.65. The fourth-order valence-electron chi connectivity index (χ4n) is 2.66. The topological polar surface area (TPSA) is 124 Å². The predicted molar refractivity (Wildman–Crippen MR) is 111 cm³/mol. The minimum Gasteiger partial charge on any atom is -0.414 e. The number of nitrogens with zero attached hydrogens (tertiary/aromatic N) is 6. The molecular formula is C20H21N7O2. The van der Waals surface area contributed by atoms with E-state index >= 15 is 0 Å². The molecule has 29 heavy (non-hydrogen) atoms. The highest BCUT2D eigenvalue weighted by atomic mass is 16.4. The van der Waals surface area contributed by atoms with Crippen LogP contribution in [-0.2, 0) is 0 Å². The number of nitrogen functional groups attached to an aromatic ring is 1. The zero-order valence-electron chi connectivity index (χ0n) is 15.8. The predicted octanol–water partition coefficient (Wildman–Crippen LogP) is 3.03. The van der Waals surface area contributed by atoms with Crippen molar-refractivity contribution < 1.29 is 12.1 Å². The van der Waals surface area contributed by atoms with E-state index in [2.05, 4.69) is 25.1 Å². The number of nitrogens with two attached hydrogens (primary N) is 1. The van der Waals surface area contributed by atoms with Gasteiger partial charge in [-0.2, -0.15) is 0 Å². The summed E-state index contributed by atoms with van der Waals surface area (Å²) in [6.45, 7) is 0. The third-order valence-electron chi connectivity index (χ3n) is 4.17. The highest BCUT2D eigenvalue weighted by molar-refractivity contribution is 5.94. The summed E-state index contributed by atoms with van der Waals surface area (Å²) in [6.07, 6.45) is 4.84. The Labute approximate surface area is 169 Å². The Morgan fingerprint density at radius 2 is 1.79 bits per heavy atom. The minimum atomic E-state index is -0.0746. The molecule has 0 aliphatic carbocycles. The zero-order chi connectivity index (χ0) is 20.4. The number of benzene rings is 1. The summed E-state index contributed by atoms with van der Waals surface area (Å²) >= 11 is 0. The monoisotopic (exact) mass is 391 g/mol. The molecule has 9 heteroatoms. The third-order valence-corrected chi connectivity index (χ3v) is 4.17. The van der Waals surface area contributed by atoms with Crippen molar-refractivity contribution in [2.45, 2.75) is 0 Å². The second-order valence-corrected chi connectivity index (χ2v) is 6.42. The average molecular weight is 391 g/mol. The molecule has 3 aromatic heterocycles. The van der Waals surface area contributed by atoms with E-state index in [9.17, 15) is 4.79 Å². The van der Waals surface area contributed by atoms with E-state index in [1.54, 1.807) is 63.0 Å². The van der Waals surface area contributed by atoms with Crippen molar-refractivity contribution in [1.82, 2.24) is 30.0 Å². The van der Waals surface area contributed by atoms with Crippen LogP contribution in [-0.4, -0.2) is 50.1 Å². The van der Waals surface area contributed by atoms with E-state index in [-0.39, 0.29) is 20.5 Å². The van der Waals surface area contributed by atoms with Gasteiger partial charge in [0.15, 0.2) is 11.5 Å². The number of carbonyl (C=O) groups is 1. The van der Waals surface area contributed by atoms with E-state index in [0.29, 0.717) is 28.4 Å². The molecule has 0 atom stereocenters. The normalized spacial score (nSPS) is 10.7. The largest absolute Gasteiger partial charge is 0.414 e. The Morgan fingerprint density at radius 1 is 1.03 bits per heavy atom. The number of carbonyl (C=O) groups excluding carboxylic acids is 1. The second-order valence-electron chi connectivity index (χ2n) is 6.42. The molecule has 1 amide bonds. The van der Waals surface area contributed by atoms with Crippen LogP contribution in [0.5, 0.6) is 0 Å². The summed E-state index contributed by atoms with van der Waals surface area (Å²) in [5.41, 5.74) is 8.89. The fourth-order valence-corrected chi connectivity index (χ4v) is 2.66. The molecule has 0 saturated carbocycles. The number of hydrogen-bond acceptors (Lipinski definition) is 8. The molecular weight excluding hydrogens is 370 g/mol. The molecule has 3 heterocycles. The molecule has 0 fully saturated rings. The summed E-state index contributed by atoms with van der Waals surface area (Å²) in [5.74, 6) is 0.574. The molecule has 148 valence electrons. The zero-order valence-corrected chi connectivity index (χ0v) is 15.8. The smallest absolute Gasteiger partial charge is 0.270 e. The van der Waals surface area contributed by atoms with Gasteiger partial charge in [0.1, 0.15) is 0 Å². The number of pyridine rings is 1. The van der Waals surface area contributed by atoms with Crippen molar-refractivity contribution in [1.29, 1.82) is 0 Å². The summed E-state index contributed by atoms with van der Waals surface area (Å²) in [4.78, 5) is 26.3. The van der Waals surface area contributed by atoms with Gasteiger partial charge in [0.25, 0.3) is 11.8 Å². The summed E-state index contributed by atoms with van der Waals surface area (Å²) in [5, 5.41) is 8.07. The maximum absolute atomic E-state index is 12.0. The minimum absolute atomic E-state index is 0. The quantitative estimate of drug-likeness (QED) is 0.563. The number of aromatic nitrogens is 5. The highest BCUT2D eigenvalue weighted by Gasteiger charge is 2.17. The van der Waals surface area contributed by atoms with E-state index in [1.807, 2.05) is 6.07 Å². The molecule has 2 N–H and O–H groups in total. The lowest BCUT2D eigenvalue weighted by Crippen LogP contribution is -2.21. The molecule has 0 aliphatic rings. The summed E-state index contributed by atoms with van der Waals surface area (Å²) in [7, 11) is 3.41. The fraction of sp³-hybridized carbons (Fsp3) is 0.100. The molecule has 0 spiro atoms. The van der Waals surface area contributed by atoms with Crippen molar-refractivity contribution >= 4 is 11.7 Å². The van der Waals surface area contributed by atoms with Crippen LogP contribution in [0.3, 0.4) is 0 Å². The summed E-state index contributed by atoms with van der Waals surface area (Å²) < 4.78 is 5.71. The van der Waals surface area contributed by atoms with Gasteiger partial charge in [0, 0.05) is 40.5 Å². The first-order valence-corrected chi connectivity index (χ1v) is 8.72. The van der Waals surface area contributed by atoms with Crippen LogP contribution in [0, 0.1) is 0 Å². The SMILES string of the molecule is CN(C)C(=O)c1ccc(-c2cnc(N)c(-c3nnc(-c4cccnc4)o3)n2)cc1.[HH].[HH]. The van der Waals surface area contributed by atoms with Crippen LogP contribution >= 0.6 is 0 Å². The Hall–Kier alpha value is -4.14. The van der Waals surface area contributed by atoms with Crippen LogP contribution in [0.15, 0.2) is 59.4 Å². The van der Waals surface area contributed by atoms with Gasteiger partial charge in [-0.25, -0.2) is 9.97 Å². The van der Waals surface area contributed by atoms with Crippen molar-refractivity contribution in [3.63, 3.8) is 0 Å². The first kappa shape index (κ1) is 18.2. The van der Waals surface area contributed by atoms with Crippen molar-refractivity contribution in [2.75, 3.05) is 19.8 Å². The van der Waals surface area contributed by atoms with Gasteiger partial charge in [-0.15, -0.1) is 10.2 Å². The second kappa shape index (κ2) is 7.47. The Kier molecular flexibility index (Phi) is 4.70. The standard InChI is InChI=1S/C20H17N7O2.2H2/c1-27(2)20(28)13-7-5-12(6-8-13)15-11-23-17(21)16(24-15)19-26-25-18(29-19)14-4-3-9-22-10-14;;/h3-11H,1-2H3,(H2,21,23);2*1H. The lowest BCUT2D eigenvalue weighted by molar-refractivity contribution is 0.0827. The molecule has 0 saturated heterocycles. The molecule has 9 nitrogen and oxygen atoms in total. The Morgan fingerprint density at radius 3 is 2.48 bits per heavy atom. The molecule has 0 radical (unpaired) electrons. The van der Waals surface area contributed by atoms with Gasteiger partial charge >= 0.3 is 0 Å². The highest BCUT2D eigenvalue weighted by Crippen LogP contribution is 2.27. The molecule has 0 aliphatic heterocycles. The van der Waals surface area contributed by atoms with Crippen molar-refractivity contribution in [3.8, 4) is 34.3 Å². The lowest BCUT2D eigenvalue weighted by atomic mass is 10.1. The van der Waals surface area contributed by atoms with Gasteiger partial charge in [-0.3, -0.25) is 9.78 Å². The van der Waals surface area contributed by atoms with E-state index < -0.39 is 0 Å². The lowest BCUT2D eigenvalue weighted by Gasteiger charge is -2.10. The Bertz CT molecular complexity index is 1170. The van der Waals surface area contributed by atoms with Gasteiger partial charge < -0.3 is 15.1 Å². The Balaban J connectivity index is 0.00000171. The molecule has 4 aromatic rings. The molecule has 0 bridgehead atoms. The van der Waals surface area contributed by atoms with E-state index in [4.69, 9.17) is 10.2 Å². The maximum atomic E-state index is 12.0. The molecule has 4 rings (SSSR count). The van der Waals surface area contributed by atoms with Crippen LogP contribution < -0.4 is 5.73 Å². The number of anilines is 1. The number of hydrogen-bond donors (Lipinski definition) is 1. The van der Waals surface area contributed by atoms with Crippen LogP contribution in [0.25, 0.3) is 34.3 Å². The maximum Gasteiger partial charge on any atom is 0.270 e. The van der Waals surface area contributed by atoms with Crippen LogP contribution in [0.4, 0.5) is 5.82 Å².